The summed E-state index contributed by atoms with van der Waals surface area (Å²) in [6, 6.07) is 12.8. The molecule has 3 amide bonds. The lowest BCUT2D eigenvalue weighted by Gasteiger charge is -2.49. The lowest BCUT2D eigenvalue weighted by Crippen LogP contribution is -2.66. The maximum Gasteiger partial charge on any atom is 0.332 e. The van der Waals surface area contributed by atoms with E-state index in [1.807, 2.05) is 19.1 Å². The predicted molar refractivity (Wildman–Crippen MR) is 125 cm³/mol. The summed E-state index contributed by atoms with van der Waals surface area (Å²) in [5.41, 5.74) is 1.94. The molecule has 4 unspecified atom stereocenters. The van der Waals surface area contributed by atoms with Crippen LogP contribution in [0.2, 0.25) is 5.02 Å². The first-order chi connectivity index (χ1) is 15.8. The number of halogens is 1. The van der Waals surface area contributed by atoms with Crippen LogP contribution in [0.4, 0.5) is 10.5 Å². The number of benzene rings is 2. The van der Waals surface area contributed by atoms with Crippen molar-refractivity contribution in [3.05, 3.63) is 64.7 Å². The molecule has 2 fully saturated rings. The quantitative estimate of drug-likeness (QED) is 0.594. The lowest BCUT2D eigenvalue weighted by molar-refractivity contribution is -0.137. The number of aryl methyl sites for hydroxylation is 1. The van der Waals surface area contributed by atoms with Gasteiger partial charge < -0.3 is 14.4 Å². The van der Waals surface area contributed by atoms with E-state index in [9.17, 15) is 14.4 Å². The number of carbonyl (C=O) groups is 3. The summed E-state index contributed by atoms with van der Waals surface area (Å²) in [4.78, 5) is 42.9. The number of methoxy groups -OCH3 is 2. The van der Waals surface area contributed by atoms with Crippen molar-refractivity contribution in [2.24, 2.45) is 5.92 Å². The topological polar surface area (TPSA) is 76.2 Å². The number of Topliss-reactive ketones (excluding diaryl/α,β-unsaturated/α-hetero) is 1. The van der Waals surface area contributed by atoms with Crippen molar-refractivity contribution >= 4 is 35.0 Å². The van der Waals surface area contributed by atoms with Crippen LogP contribution in [-0.2, 0) is 14.3 Å². The van der Waals surface area contributed by atoms with Gasteiger partial charge in [0.1, 0.15) is 0 Å². The summed E-state index contributed by atoms with van der Waals surface area (Å²) < 4.78 is 11.2. The van der Waals surface area contributed by atoms with Crippen LogP contribution in [0.5, 0.6) is 0 Å². The molecule has 2 aromatic rings. The third-order valence-electron chi connectivity index (χ3n) is 6.57. The molecule has 1 saturated heterocycles. The van der Waals surface area contributed by atoms with Crippen molar-refractivity contribution in [1.29, 1.82) is 0 Å². The molecule has 0 bridgehead atoms. The van der Waals surface area contributed by atoms with Crippen LogP contribution in [0.1, 0.15) is 28.8 Å². The van der Waals surface area contributed by atoms with E-state index < -0.39 is 18.0 Å². The number of imide groups is 1. The fourth-order valence-electron chi connectivity index (χ4n) is 4.77. The molecular formula is C25H27ClN2O5. The van der Waals surface area contributed by atoms with Crippen LogP contribution in [0.25, 0.3) is 0 Å². The zero-order valence-corrected chi connectivity index (χ0v) is 19.6. The molecule has 0 radical (unpaired) electrons. The molecule has 0 spiro atoms. The Morgan fingerprint density at radius 2 is 1.70 bits per heavy atom. The molecule has 1 aliphatic heterocycles. The van der Waals surface area contributed by atoms with E-state index >= 15 is 0 Å². The van der Waals surface area contributed by atoms with E-state index in [1.165, 1.54) is 4.90 Å². The zero-order chi connectivity index (χ0) is 23.7. The van der Waals surface area contributed by atoms with E-state index in [4.69, 9.17) is 21.1 Å². The van der Waals surface area contributed by atoms with E-state index in [2.05, 4.69) is 0 Å². The average molecular weight is 471 g/mol. The molecule has 4 atom stereocenters. The highest BCUT2D eigenvalue weighted by atomic mass is 35.5. The minimum absolute atomic E-state index is 0.137. The first kappa shape index (κ1) is 23.4. The highest BCUT2D eigenvalue weighted by Gasteiger charge is 2.52. The summed E-state index contributed by atoms with van der Waals surface area (Å²) >= 11 is 6.14. The largest absolute Gasteiger partial charge is 0.379 e. The first-order valence-electron chi connectivity index (χ1n) is 10.9. The minimum Gasteiger partial charge on any atom is -0.379 e. The van der Waals surface area contributed by atoms with Gasteiger partial charge in [0.2, 0.25) is 5.91 Å². The second kappa shape index (κ2) is 9.63. The molecule has 33 heavy (non-hydrogen) atoms. The molecule has 0 aromatic heterocycles. The maximum absolute atomic E-state index is 13.6. The maximum atomic E-state index is 13.6. The van der Waals surface area contributed by atoms with Gasteiger partial charge in [-0.1, -0.05) is 47.5 Å². The Bertz CT molecular complexity index is 1060. The van der Waals surface area contributed by atoms with E-state index in [0.717, 1.165) is 10.5 Å². The number of ether oxygens (including phenoxy) is 2. The van der Waals surface area contributed by atoms with Gasteiger partial charge in [-0.15, -0.1) is 0 Å². The summed E-state index contributed by atoms with van der Waals surface area (Å²) in [6.45, 7) is 1.81. The lowest BCUT2D eigenvalue weighted by atomic mass is 9.77. The van der Waals surface area contributed by atoms with Gasteiger partial charge in [0.05, 0.1) is 30.4 Å². The zero-order valence-electron chi connectivity index (χ0n) is 18.9. The number of fused-ring (bicyclic) bond motifs is 1. The van der Waals surface area contributed by atoms with Gasteiger partial charge in [-0.2, -0.15) is 0 Å². The van der Waals surface area contributed by atoms with Crippen LogP contribution >= 0.6 is 11.6 Å². The molecule has 2 aliphatic rings. The van der Waals surface area contributed by atoms with Crippen molar-refractivity contribution in [2.45, 2.75) is 38.0 Å². The van der Waals surface area contributed by atoms with Gasteiger partial charge >= 0.3 is 6.03 Å². The van der Waals surface area contributed by atoms with E-state index in [-0.39, 0.29) is 30.4 Å². The number of ketones is 1. The molecule has 1 heterocycles. The monoisotopic (exact) mass is 470 g/mol. The molecule has 1 aliphatic carbocycles. The fourth-order valence-corrected chi connectivity index (χ4v) is 4.96. The number of anilines is 1. The Hall–Kier alpha value is -2.74. The smallest absolute Gasteiger partial charge is 0.332 e. The summed E-state index contributed by atoms with van der Waals surface area (Å²) in [6.07, 6.45) is 0.218. The van der Waals surface area contributed by atoms with Crippen LogP contribution < -0.4 is 4.90 Å². The average Bonchev–Trinajstić information content (AvgIpc) is 2.81. The molecular weight excluding hydrogens is 444 g/mol. The van der Waals surface area contributed by atoms with Gasteiger partial charge in [-0.05, 0) is 38.0 Å². The third kappa shape index (κ3) is 4.53. The van der Waals surface area contributed by atoms with Crippen molar-refractivity contribution < 1.29 is 23.9 Å². The molecule has 0 N–H and O–H groups in total. The number of amides is 3. The Kier molecular flexibility index (Phi) is 6.83. The Morgan fingerprint density at radius 1 is 1.03 bits per heavy atom. The first-order valence-corrected chi connectivity index (χ1v) is 11.3. The predicted octanol–water partition coefficient (Wildman–Crippen LogP) is 4.11. The van der Waals surface area contributed by atoms with Crippen LogP contribution in [0, 0.1) is 12.8 Å². The van der Waals surface area contributed by atoms with Crippen LogP contribution in [0.15, 0.2) is 48.5 Å². The number of nitrogens with zero attached hydrogens (tertiary/aromatic N) is 2. The Morgan fingerprint density at radius 3 is 2.33 bits per heavy atom. The van der Waals surface area contributed by atoms with Gasteiger partial charge in [0, 0.05) is 30.8 Å². The second-order valence-corrected chi connectivity index (χ2v) is 8.98. The Labute approximate surface area is 198 Å². The van der Waals surface area contributed by atoms with E-state index in [0.29, 0.717) is 29.1 Å². The summed E-state index contributed by atoms with van der Waals surface area (Å²) in [7, 11) is 3.17. The number of carbonyl (C=O) groups excluding carboxylic acids is 3. The fraction of sp³-hybridized carbons (Fsp3) is 0.400. The summed E-state index contributed by atoms with van der Waals surface area (Å²) in [5.74, 6) is -1.03. The van der Waals surface area contributed by atoms with Gasteiger partial charge in [0.15, 0.2) is 5.78 Å². The Balaban J connectivity index is 1.71. The third-order valence-corrected chi connectivity index (χ3v) is 6.81. The summed E-state index contributed by atoms with van der Waals surface area (Å²) in [5, 5.41) is 0.412. The van der Waals surface area contributed by atoms with E-state index in [1.54, 1.807) is 50.6 Å². The van der Waals surface area contributed by atoms with Crippen molar-refractivity contribution in [2.75, 3.05) is 25.7 Å². The molecule has 8 heteroatoms. The van der Waals surface area contributed by atoms with Crippen molar-refractivity contribution in [3.63, 3.8) is 0 Å². The van der Waals surface area contributed by atoms with Crippen LogP contribution in [0.3, 0.4) is 0 Å². The number of hydrogen-bond donors (Lipinski definition) is 0. The van der Waals surface area contributed by atoms with Crippen molar-refractivity contribution in [1.82, 2.24) is 4.90 Å². The second-order valence-electron chi connectivity index (χ2n) is 8.55. The standard InChI is InChI=1S/C25H27ClN2O5/c1-15-7-9-16(10-8-15)21(29)14-27-20-13-23(33-3)22(32-2)12-19(20)24(30)28(25(27)31)18-6-4-5-17(26)11-18/h4-11,19-20,22-23H,12-14H2,1-3H3. The molecule has 7 nitrogen and oxygen atoms in total. The molecule has 1 saturated carbocycles. The van der Waals surface area contributed by atoms with Gasteiger partial charge in [-0.3, -0.25) is 9.59 Å². The molecule has 174 valence electrons. The van der Waals surface area contributed by atoms with Gasteiger partial charge in [0.25, 0.3) is 0 Å². The molecule has 4 rings (SSSR count). The highest BCUT2D eigenvalue weighted by molar-refractivity contribution is 6.31. The molecule has 2 aromatic carbocycles. The van der Waals surface area contributed by atoms with Crippen LogP contribution in [-0.4, -0.2) is 61.6 Å². The number of urea groups is 1. The van der Waals surface area contributed by atoms with Gasteiger partial charge in [-0.25, -0.2) is 9.69 Å². The number of rotatable bonds is 6. The minimum atomic E-state index is -0.533. The number of hydrogen-bond acceptors (Lipinski definition) is 5. The van der Waals surface area contributed by atoms with Crippen molar-refractivity contribution in [3.8, 4) is 0 Å². The SMILES string of the molecule is COC1CC2C(=O)N(c3cccc(Cl)c3)C(=O)N(CC(=O)c3ccc(C)cc3)C2CC1OC. The highest BCUT2D eigenvalue weighted by Crippen LogP contribution is 2.39. The normalized spacial score (nSPS) is 25.2.